The van der Waals surface area contributed by atoms with Crippen LogP contribution in [0.5, 0.6) is 0 Å². The molecule has 1 aliphatic rings. The van der Waals surface area contributed by atoms with E-state index in [9.17, 15) is 9.59 Å². The Morgan fingerprint density at radius 1 is 1.25 bits per heavy atom. The number of amides is 2. The zero-order valence-corrected chi connectivity index (χ0v) is 14.4. The minimum atomic E-state index is -0.0772. The predicted octanol–water partition coefficient (Wildman–Crippen LogP) is 1.17. The third kappa shape index (κ3) is 5.88. The van der Waals surface area contributed by atoms with Gasteiger partial charge in [0, 0.05) is 31.2 Å². The summed E-state index contributed by atoms with van der Waals surface area (Å²) in [5.74, 6) is 2.40. The van der Waals surface area contributed by atoms with Crippen LogP contribution in [0.2, 0.25) is 5.02 Å². The summed E-state index contributed by atoms with van der Waals surface area (Å²) in [4.78, 5) is 28.1. The van der Waals surface area contributed by atoms with Crippen LogP contribution in [0.1, 0.15) is 12.0 Å². The highest BCUT2D eigenvalue weighted by Gasteiger charge is 2.20. The van der Waals surface area contributed by atoms with Gasteiger partial charge in [0.15, 0.2) is 0 Å². The Bertz CT molecular complexity index is 627. The maximum absolute atomic E-state index is 12.5. The van der Waals surface area contributed by atoms with Crippen LogP contribution in [-0.2, 0) is 16.0 Å². The summed E-state index contributed by atoms with van der Waals surface area (Å²) in [7, 11) is 0. The molecule has 0 atom stereocenters. The molecule has 1 aromatic rings. The molecular weight excluding hydrogens is 326 g/mol. The van der Waals surface area contributed by atoms with Gasteiger partial charge in [-0.15, -0.1) is 6.42 Å². The maximum Gasteiger partial charge on any atom is 0.234 e. The topological polar surface area (TPSA) is 52.7 Å². The average molecular weight is 348 g/mol. The first-order valence-electron chi connectivity index (χ1n) is 8.03. The number of rotatable bonds is 5. The molecular formula is C18H22ClN3O2. The second kappa shape index (κ2) is 9.31. The Balaban J connectivity index is 1.83. The molecule has 0 aliphatic carbocycles. The van der Waals surface area contributed by atoms with E-state index in [1.165, 1.54) is 0 Å². The fraction of sp³-hybridized carbons (Fsp3) is 0.444. The van der Waals surface area contributed by atoms with E-state index < -0.39 is 0 Å². The highest BCUT2D eigenvalue weighted by molar-refractivity contribution is 6.30. The Morgan fingerprint density at radius 2 is 2.08 bits per heavy atom. The van der Waals surface area contributed by atoms with Gasteiger partial charge in [-0.3, -0.25) is 14.5 Å². The zero-order chi connectivity index (χ0) is 17.4. The number of nitrogens with zero attached hydrogens (tertiary/aromatic N) is 2. The Morgan fingerprint density at radius 3 is 2.83 bits per heavy atom. The Hall–Kier alpha value is -2.03. The fourth-order valence-corrected chi connectivity index (χ4v) is 2.93. The fourth-order valence-electron chi connectivity index (χ4n) is 2.72. The minimum absolute atomic E-state index is 0.0772. The number of benzene rings is 1. The molecule has 1 heterocycles. The number of carbonyl (C=O) groups excluding carboxylic acids is 2. The van der Waals surface area contributed by atoms with Gasteiger partial charge in [-0.25, -0.2) is 0 Å². The first-order chi connectivity index (χ1) is 11.6. The Labute approximate surface area is 147 Å². The lowest BCUT2D eigenvalue weighted by Gasteiger charge is -2.21. The van der Waals surface area contributed by atoms with Gasteiger partial charge in [0.05, 0.1) is 19.5 Å². The van der Waals surface area contributed by atoms with E-state index in [2.05, 4.69) is 16.1 Å². The quantitative estimate of drug-likeness (QED) is 0.813. The molecule has 0 aromatic heterocycles. The van der Waals surface area contributed by atoms with E-state index >= 15 is 0 Å². The van der Waals surface area contributed by atoms with Crippen molar-refractivity contribution in [1.82, 2.24) is 15.1 Å². The van der Waals surface area contributed by atoms with Crippen LogP contribution in [0.3, 0.4) is 0 Å². The van der Waals surface area contributed by atoms with Crippen LogP contribution in [0.25, 0.3) is 0 Å². The second-order valence-electron chi connectivity index (χ2n) is 5.80. The minimum Gasteiger partial charge on any atom is -0.344 e. The summed E-state index contributed by atoms with van der Waals surface area (Å²) in [6, 6.07) is 7.37. The van der Waals surface area contributed by atoms with Crippen molar-refractivity contribution in [1.29, 1.82) is 0 Å². The van der Waals surface area contributed by atoms with Crippen LogP contribution < -0.4 is 5.32 Å². The number of nitrogens with one attached hydrogen (secondary N) is 1. The Kier molecular flexibility index (Phi) is 7.10. The molecule has 1 saturated heterocycles. The maximum atomic E-state index is 12.5. The zero-order valence-electron chi connectivity index (χ0n) is 13.6. The molecule has 24 heavy (non-hydrogen) atoms. The van der Waals surface area contributed by atoms with E-state index in [0.29, 0.717) is 37.6 Å². The van der Waals surface area contributed by atoms with E-state index in [4.69, 9.17) is 18.0 Å². The van der Waals surface area contributed by atoms with Crippen molar-refractivity contribution in [2.75, 3.05) is 39.3 Å². The normalized spacial score (nSPS) is 15.4. The van der Waals surface area contributed by atoms with Gasteiger partial charge in [-0.05, 0) is 24.1 Å². The monoisotopic (exact) mass is 347 g/mol. The molecule has 0 bridgehead atoms. The highest BCUT2D eigenvalue weighted by atomic mass is 35.5. The number of carbonyl (C=O) groups is 2. The van der Waals surface area contributed by atoms with Crippen LogP contribution in [0, 0.1) is 12.3 Å². The third-order valence-electron chi connectivity index (χ3n) is 3.94. The molecule has 5 nitrogen and oxygen atoms in total. The number of halogens is 1. The van der Waals surface area contributed by atoms with Gasteiger partial charge in [-0.2, -0.15) is 0 Å². The van der Waals surface area contributed by atoms with Gasteiger partial charge >= 0.3 is 0 Å². The summed E-state index contributed by atoms with van der Waals surface area (Å²) >= 11 is 5.96. The van der Waals surface area contributed by atoms with Crippen molar-refractivity contribution < 1.29 is 9.59 Å². The molecule has 1 N–H and O–H groups in total. The molecule has 2 rings (SSSR count). The van der Waals surface area contributed by atoms with E-state index in [-0.39, 0.29) is 18.4 Å². The van der Waals surface area contributed by atoms with Crippen molar-refractivity contribution in [3.05, 3.63) is 34.9 Å². The lowest BCUT2D eigenvalue weighted by atomic mass is 10.1. The molecule has 1 fully saturated rings. The van der Waals surface area contributed by atoms with Gasteiger partial charge < -0.3 is 10.2 Å². The largest absolute Gasteiger partial charge is 0.344 e. The lowest BCUT2D eigenvalue weighted by Crippen LogP contribution is -2.40. The van der Waals surface area contributed by atoms with E-state index in [1.54, 1.807) is 6.07 Å². The second-order valence-corrected chi connectivity index (χ2v) is 6.23. The van der Waals surface area contributed by atoms with Crippen molar-refractivity contribution in [3.63, 3.8) is 0 Å². The molecule has 0 radical (unpaired) electrons. The average Bonchev–Trinajstić information content (AvgIpc) is 2.78. The first-order valence-corrected chi connectivity index (χ1v) is 8.41. The standard InChI is InChI=1S/C18H22ClN3O2/c1-2-7-20-17(23)14-21-8-4-9-22(11-10-21)18(24)13-15-5-3-6-16(19)12-15/h1,3,5-6,12H,4,7-11,13-14H2,(H,20,23). The SMILES string of the molecule is C#CCNC(=O)CN1CCCN(C(=O)Cc2cccc(Cl)c2)CC1. The predicted molar refractivity (Wildman–Crippen MR) is 94.6 cm³/mol. The lowest BCUT2D eigenvalue weighted by molar-refractivity contribution is -0.130. The van der Waals surface area contributed by atoms with Crippen LogP contribution in [0.15, 0.2) is 24.3 Å². The van der Waals surface area contributed by atoms with Crippen LogP contribution in [0.4, 0.5) is 0 Å². The molecule has 0 saturated carbocycles. The van der Waals surface area contributed by atoms with E-state index in [0.717, 1.165) is 18.5 Å². The molecule has 0 spiro atoms. The van der Waals surface area contributed by atoms with Crippen molar-refractivity contribution in [3.8, 4) is 12.3 Å². The summed E-state index contributed by atoms with van der Waals surface area (Å²) < 4.78 is 0. The molecule has 1 aromatic carbocycles. The van der Waals surface area contributed by atoms with Crippen molar-refractivity contribution in [2.45, 2.75) is 12.8 Å². The molecule has 0 unspecified atom stereocenters. The number of hydrogen-bond acceptors (Lipinski definition) is 3. The molecule has 128 valence electrons. The first kappa shape index (κ1) is 18.3. The summed E-state index contributed by atoms with van der Waals surface area (Å²) in [5.41, 5.74) is 0.919. The van der Waals surface area contributed by atoms with Crippen molar-refractivity contribution >= 4 is 23.4 Å². The van der Waals surface area contributed by atoms with Gasteiger partial charge in [-0.1, -0.05) is 29.7 Å². The molecule has 1 aliphatic heterocycles. The van der Waals surface area contributed by atoms with Crippen LogP contribution >= 0.6 is 11.6 Å². The highest BCUT2D eigenvalue weighted by Crippen LogP contribution is 2.13. The number of terminal acetylenes is 1. The summed E-state index contributed by atoms with van der Waals surface area (Å²) in [5, 5.41) is 3.30. The van der Waals surface area contributed by atoms with Crippen molar-refractivity contribution in [2.24, 2.45) is 0 Å². The van der Waals surface area contributed by atoms with Gasteiger partial charge in [0.1, 0.15) is 0 Å². The number of hydrogen-bond donors (Lipinski definition) is 1. The van der Waals surface area contributed by atoms with E-state index in [1.807, 2.05) is 23.1 Å². The summed E-state index contributed by atoms with van der Waals surface area (Å²) in [6.45, 7) is 3.38. The molecule has 2 amide bonds. The molecule has 6 heteroatoms. The third-order valence-corrected chi connectivity index (χ3v) is 4.18. The van der Waals surface area contributed by atoms with Gasteiger partial charge in [0.25, 0.3) is 0 Å². The van der Waals surface area contributed by atoms with Crippen LogP contribution in [-0.4, -0.2) is 60.9 Å². The van der Waals surface area contributed by atoms with Gasteiger partial charge in [0.2, 0.25) is 11.8 Å². The smallest absolute Gasteiger partial charge is 0.234 e. The summed E-state index contributed by atoms with van der Waals surface area (Å²) in [6.07, 6.45) is 6.33.